The molecule has 2 unspecified atom stereocenters. The molecule has 24 heavy (non-hydrogen) atoms. The largest absolute Gasteiger partial charge is 0.510 e. The van der Waals surface area contributed by atoms with Crippen LogP contribution in [0.4, 0.5) is 14.4 Å². The summed E-state index contributed by atoms with van der Waals surface area (Å²) in [5.41, 5.74) is 0. The van der Waals surface area contributed by atoms with Gasteiger partial charge in [-0.15, -0.1) is 0 Å². The summed E-state index contributed by atoms with van der Waals surface area (Å²) in [6.07, 6.45) is -0.277. The Kier molecular flexibility index (Phi) is 10.3. The van der Waals surface area contributed by atoms with Crippen molar-refractivity contribution in [1.29, 1.82) is 0 Å². The van der Waals surface area contributed by atoms with Crippen LogP contribution in [0.1, 0.15) is 20.8 Å². The topological polar surface area (TPSA) is 104 Å². The number of nitrogens with zero attached hydrogens (tertiary/aromatic N) is 2. The van der Waals surface area contributed by atoms with E-state index >= 15 is 0 Å². The van der Waals surface area contributed by atoms with E-state index in [9.17, 15) is 14.4 Å². The van der Waals surface area contributed by atoms with Crippen LogP contribution >= 0.6 is 0 Å². The number of rotatable bonds is 8. The van der Waals surface area contributed by atoms with E-state index in [4.69, 9.17) is 9.47 Å². The fourth-order valence-electron chi connectivity index (χ4n) is 1.50. The molecule has 9 nitrogen and oxygen atoms in total. The van der Waals surface area contributed by atoms with Crippen LogP contribution in [0.3, 0.4) is 0 Å². The Morgan fingerprint density at radius 1 is 1.00 bits per heavy atom. The van der Waals surface area contributed by atoms with Crippen molar-refractivity contribution in [2.75, 3.05) is 13.2 Å². The maximum absolute atomic E-state index is 12.0. The summed E-state index contributed by atoms with van der Waals surface area (Å²) in [4.78, 5) is 39.5. The van der Waals surface area contributed by atoms with Crippen LogP contribution in [0.2, 0.25) is 0 Å². The number of ether oxygens (including phenoxy) is 4. The number of amides is 2. The fourth-order valence-corrected chi connectivity index (χ4v) is 1.50. The second-order valence-electron chi connectivity index (χ2n) is 4.21. The van der Waals surface area contributed by atoms with Crippen molar-refractivity contribution >= 4 is 24.6 Å². The van der Waals surface area contributed by atoms with Gasteiger partial charge >= 0.3 is 18.3 Å². The Balaban J connectivity index is 4.97. The molecule has 0 aromatic carbocycles. The number of hydrogen-bond acceptors (Lipinski definition) is 7. The van der Waals surface area contributed by atoms with Gasteiger partial charge in [-0.2, -0.15) is 0 Å². The average Bonchev–Trinajstić information content (AvgIpc) is 2.51. The van der Waals surface area contributed by atoms with Crippen LogP contribution in [0, 0.1) is 0 Å². The van der Waals surface area contributed by atoms with Gasteiger partial charge in [0.15, 0.2) is 12.5 Å². The predicted octanol–water partition coefficient (Wildman–Crippen LogP) is 2.87. The van der Waals surface area contributed by atoms with Crippen LogP contribution in [0.5, 0.6) is 0 Å². The Bertz CT molecular complexity index is 458. The molecule has 0 fully saturated rings. The maximum Gasteiger partial charge on any atom is 0.510 e. The molecule has 0 saturated carbocycles. The molecule has 0 aliphatic carbocycles. The summed E-state index contributed by atoms with van der Waals surface area (Å²) in [5, 5.41) is 0. The third-order valence-corrected chi connectivity index (χ3v) is 2.42. The van der Waals surface area contributed by atoms with E-state index in [0.29, 0.717) is 0 Å². The average molecular weight is 342 g/mol. The minimum atomic E-state index is -1.11. The summed E-state index contributed by atoms with van der Waals surface area (Å²) in [6.45, 7) is 11.0. The van der Waals surface area contributed by atoms with Crippen molar-refractivity contribution in [1.82, 2.24) is 4.90 Å². The van der Waals surface area contributed by atoms with Gasteiger partial charge in [-0.25, -0.2) is 19.4 Å². The van der Waals surface area contributed by atoms with E-state index in [0.717, 1.165) is 4.90 Å². The molecular weight excluding hydrogens is 320 g/mol. The van der Waals surface area contributed by atoms with Gasteiger partial charge in [0.25, 0.3) is 0 Å². The summed E-state index contributed by atoms with van der Waals surface area (Å²) in [6, 6.07) is -0.773. The van der Waals surface area contributed by atoms with Crippen LogP contribution in [-0.2, 0) is 18.9 Å². The van der Waals surface area contributed by atoms with Gasteiger partial charge in [-0.05, 0) is 20.8 Å². The zero-order chi connectivity index (χ0) is 18.5. The van der Waals surface area contributed by atoms with E-state index in [1.807, 2.05) is 0 Å². The molecule has 2 amide bonds. The fraction of sp³-hybridized carbons (Fsp3) is 0.467. The smallest absolute Gasteiger partial charge is 0.430 e. The molecular formula is C15H22N2O7. The van der Waals surface area contributed by atoms with Gasteiger partial charge in [-0.1, -0.05) is 25.3 Å². The number of aliphatic imine (C=N–C) groups is 1. The quantitative estimate of drug-likeness (QED) is 0.289. The Morgan fingerprint density at radius 2 is 1.42 bits per heavy atom. The van der Waals surface area contributed by atoms with Crippen LogP contribution in [0.25, 0.3) is 0 Å². The third kappa shape index (κ3) is 7.97. The normalized spacial score (nSPS) is 12.6. The molecule has 0 bridgehead atoms. The summed E-state index contributed by atoms with van der Waals surface area (Å²) in [5.74, 6) is 0. The molecule has 0 heterocycles. The molecule has 9 heteroatoms. The van der Waals surface area contributed by atoms with Crippen molar-refractivity contribution in [2.45, 2.75) is 33.2 Å². The molecule has 0 aliphatic heterocycles. The van der Waals surface area contributed by atoms with E-state index in [2.05, 4.69) is 27.6 Å². The highest BCUT2D eigenvalue weighted by atomic mass is 16.7. The summed E-state index contributed by atoms with van der Waals surface area (Å²) < 4.78 is 19.2. The maximum atomic E-state index is 12.0. The zero-order valence-electron chi connectivity index (χ0n) is 14.0. The number of carbonyl (C=O) groups is 3. The van der Waals surface area contributed by atoms with Crippen molar-refractivity contribution < 1.29 is 33.3 Å². The standard InChI is InChI=1S/C15H22N2O7/c1-6-9-21-14(19)23-11(4)17(13(18)16-8-3)12(5)24-15(20)22-10-7-2/h6-8,11-12H,1-2,9-10H2,3-5H3/b16-8+. The molecule has 134 valence electrons. The molecule has 0 aliphatic rings. The van der Waals surface area contributed by atoms with Crippen molar-refractivity contribution in [3.05, 3.63) is 25.3 Å². The first-order chi connectivity index (χ1) is 11.4. The SMILES string of the molecule is C=CCOC(=O)OC(C)N(C(=O)/N=C/C)C(C)OC(=O)OCC=C. The third-order valence-electron chi connectivity index (χ3n) is 2.42. The van der Waals surface area contributed by atoms with Gasteiger partial charge in [0.1, 0.15) is 13.2 Å². The highest BCUT2D eigenvalue weighted by Gasteiger charge is 2.31. The van der Waals surface area contributed by atoms with E-state index < -0.39 is 30.8 Å². The van der Waals surface area contributed by atoms with Crippen LogP contribution < -0.4 is 0 Å². The lowest BCUT2D eigenvalue weighted by atomic mass is 10.4. The first-order valence-corrected chi connectivity index (χ1v) is 7.06. The van der Waals surface area contributed by atoms with E-state index in [-0.39, 0.29) is 13.2 Å². The zero-order valence-corrected chi connectivity index (χ0v) is 14.0. The van der Waals surface area contributed by atoms with Gasteiger partial charge in [0, 0.05) is 6.21 Å². The molecule has 0 spiro atoms. The van der Waals surface area contributed by atoms with Crippen molar-refractivity contribution in [3.63, 3.8) is 0 Å². The van der Waals surface area contributed by atoms with Gasteiger partial charge in [-0.3, -0.25) is 4.90 Å². The molecule has 0 N–H and O–H groups in total. The number of carbonyl (C=O) groups excluding carboxylic acids is 3. The van der Waals surface area contributed by atoms with Crippen LogP contribution in [0.15, 0.2) is 30.3 Å². The number of urea groups is 1. The second kappa shape index (κ2) is 11.7. The van der Waals surface area contributed by atoms with E-state index in [1.54, 1.807) is 0 Å². The lowest BCUT2D eigenvalue weighted by Crippen LogP contribution is -2.47. The van der Waals surface area contributed by atoms with Crippen LogP contribution in [-0.4, -0.2) is 55.1 Å². The monoisotopic (exact) mass is 342 g/mol. The molecule has 0 saturated heterocycles. The number of hydrogen-bond donors (Lipinski definition) is 0. The molecule has 0 rings (SSSR count). The van der Waals surface area contributed by atoms with Crippen molar-refractivity contribution in [3.8, 4) is 0 Å². The predicted molar refractivity (Wildman–Crippen MR) is 85.6 cm³/mol. The second-order valence-corrected chi connectivity index (χ2v) is 4.21. The lowest BCUT2D eigenvalue weighted by Gasteiger charge is -2.30. The van der Waals surface area contributed by atoms with Gasteiger partial charge in [0.2, 0.25) is 0 Å². The summed E-state index contributed by atoms with van der Waals surface area (Å²) in [7, 11) is 0. The Labute approximate surface area is 140 Å². The first kappa shape index (κ1) is 21.2. The van der Waals surface area contributed by atoms with Gasteiger partial charge < -0.3 is 18.9 Å². The summed E-state index contributed by atoms with van der Waals surface area (Å²) >= 11 is 0. The first-order valence-electron chi connectivity index (χ1n) is 7.06. The molecule has 2 atom stereocenters. The minimum Gasteiger partial charge on any atom is -0.430 e. The highest BCUT2D eigenvalue weighted by Crippen LogP contribution is 2.12. The lowest BCUT2D eigenvalue weighted by molar-refractivity contribution is -0.0876. The van der Waals surface area contributed by atoms with Crippen molar-refractivity contribution in [2.24, 2.45) is 4.99 Å². The van der Waals surface area contributed by atoms with E-state index in [1.165, 1.54) is 39.1 Å². The Morgan fingerprint density at radius 3 is 1.75 bits per heavy atom. The Hall–Kier alpha value is -2.84. The minimum absolute atomic E-state index is 0.0491. The molecule has 0 aromatic heterocycles. The molecule has 0 aromatic rings. The van der Waals surface area contributed by atoms with Gasteiger partial charge in [0.05, 0.1) is 0 Å². The molecule has 0 radical (unpaired) electrons. The highest BCUT2D eigenvalue weighted by molar-refractivity contribution is 5.83.